The van der Waals surface area contributed by atoms with E-state index >= 15 is 0 Å². The molecule has 0 spiro atoms. The minimum Gasteiger partial charge on any atom is -0.420 e. The van der Waals surface area contributed by atoms with Crippen molar-refractivity contribution >= 4 is 8.32 Å². The van der Waals surface area contributed by atoms with Gasteiger partial charge in [-0.1, -0.05) is 6.92 Å². The van der Waals surface area contributed by atoms with Gasteiger partial charge < -0.3 is 9.16 Å². The van der Waals surface area contributed by atoms with Crippen LogP contribution in [0.15, 0.2) is 0 Å². The molecule has 1 saturated carbocycles. The Kier molecular flexibility index (Phi) is 3.00. The summed E-state index contributed by atoms with van der Waals surface area (Å²) in [5, 5.41) is 0. The van der Waals surface area contributed by atoms with Crippen molar-refractivity contribution in [3.63, 3.8) is 0 Å². The number of hydrogen-bond acceptors (Lipinski definition) is 2. The van der Waals surface area contributed by atoms with E-state index in [1.807, 2.05) is 7.11 Å². The molecular formula is C11H22O2Si. The highest BCUT2D eigenvalue weighted by molar-refractivity contribution is 6.72. The van der Waals surface area contributed by atoms with E-state index in [-0.39, 0.29) is 0 Å². The predicted octanol–water partition coefficient (Wildman–Crippen LogP) is 2.80. The molecule has 1 heterocycles. The molecule has 0 amide bonds. The van der Waals surface area contributed by atoms with Gasteiger partial charge in [0.1, 0.15) is 0 Å². The molecule has 0 aromatic carbocycles. The standard InChI is InChI=1S/C11H22O2Si/c1-4-14(3,12-2)8-9-5-6-10-11(7-9)13-10/h9-11H,4-8H2,1-3H3. The lowest BCUT2D eigenvalue weighted by molar-refractivity contribution is 0.351. The van der Waals surface area contributed by atoms with Gasteiger partial charge in [0.15, 0.2) is 8.32 Å². The van der Waals surface area contributed by atoms with Gasteiger partial charge in [-0.2, -0.15) is 0 Å². The number of fused-ring (bicyclic) bond motifs is 1. The van der Waals surface area contributed by atoms with Crippen LogP contribution < -0.4 is 0 Å². The lowest BCUT2D eigenvalue weighted by Crippen LogP contribution is -2.35. The third kappa shape index (κ3) is 2.20. The van der Waals surface area contributed by atoms with Gasteiger partial charge in [0.05, 0.1) is 12.2 Å². The maximum absolute atomic E-state index is 5.74. The van der Waals surface area contributed by atoms with Crippen LogP contribution >= 0.6 is 0 Å². The summed E-state index contributed by atoms with van der Waals surface area (Å²) in [6.45, 7) is 4.64. The first-order valence-corrected chi connectivity index (χ1v) is 8.70. The predicted molar refractivity (Wildman–Crippen MR) is 59.9 cm³/mol. The summed E-state index contributed by atoms with van der Waals surface area (Å²) in [6, 6.07) is 2.58. The molecular weight excluding hydrogens is 192 g/mol. The van der Waals surface area contributed by atoms with E-state index in [2.05, 4.69) is 13.5 Å². The Labute approximate surface area is 88.1 Å². The molecule has 2 rings (SSSR count). The van der Waals surface area contributed by atoms with Gasteiger partial charge in [0, 0.05) is 7.11 Å². The Morgan fingerprint density at radius 3 is 2.71 bits per heavy atom. The Balaban J connectivity index is 1.83. The molecule has 4 unspecified atom stereocenters. The lowest BCUT2D eigenvalue weighted by Gasteiger charge is -2.29. The molecule has 0 aromatic heterocycles. The van der Waals surface area contributed by atoms with Crippen molar-refractivity contribution in [1.29, 1.82) is 0 Å². The van der Waals surface area contributed by atoms with Gasteiger partial charge in [0.2, 0.25) is 0 Å². The number of ether oxygens (including phenoxy) is 1. The van der Waals surface area contributed by atoms with E-state index in [0.29, 0.717) is 12.2 Å². The Morgan fingerprint density at radius 2 is 2.14 bits per heavy atom. The van der Waals surface area contributed by atoms with Crippen molar-refractivity contribution in [1.82, 2.24) is 0 Å². The monoisotopic (exact) mass is 214 g/mol. The summed E-state index contributed by atoms with van der Waals surface area (Å²) >= 11 is 0. The Morgan fingerprint density at radius 1 is 1.36 bits per heavy atom. The highest BCUT2D eigenvalue weighted by Gasteiger charge is 2.45. The third-order valence-corrected chi connectivity index (χ3v) is 8.00. The normalized spacial score (nSPS) is 40.1. The number of epoxide rings is 1. The molecule has 14 heavy (non-hydrogen) atoms. The summed E-state index contributed by atoms with van der Waals surface area (Å²) in [4.78, 5) is 0. The molecule has 1 aliphatic carbocycles. The maximum atomic E-state index is 5.74. The second-order valence-corrected chi connectivity index (χ2v) is 9.53. The highest BCUT2D eigenvalue weighted by atomic mass is 28.4. The maximum Gasteiger partial charge on any atom is 0.189 e. The summed E-state index contributed by atoms with van der Waals surface area (Å²) in [6.07, 6.45) is 5.24. The molecule has 1 aliphatic heterocycles. The number of rotatable bonds is 4. The van der Waals surface area contributed by atoms with Crippen molar-refractivity contribution in [3.8, 4) is 0 Å². The molecule has 4 atom stereocenters. The summed E-state index contributed by atoms with van der Waals surface area (Å²) in [7, 11) is 0.546. The first-order valence-electron chi connectivity index (χ1n) is 5.87. The summed E-state index contributed by atoms with van der Waals surface area (Å²) < 4.78 is 11.3. The van der Waals surface area contributed by atoms with Crippen LogP contribution in [0.1, 0.15) is 26.2 Å². The van der Waals surface area contributed by atoms with Gasteiger partial charge in [-0.15, -0.1) is 0 Å². The van der Waals surface area contributed by atoms with Gasteiger partial charge in [-0.25, -0.2) is 0 Å². The van der Waals surface area contributed by atoms with E-state index in [0.717, 1.165) is 5.92 Å². The van der Waals surface area contributed by atoms with Crippen LogP contribution in [0, 0.1) is 5.92 Å². The second kappa shape index (κ2) is 3.95. The van der Waals surface area contributed by atoms with Gasteiger partial charge in [-0.05, 0) is 43.8 Å². The van der Waals surface area contributed by atoms with E-state index < -0.39 is 8.32 Å². The van der Waals surface area contributed by atoms with E-state index in [1.165, 1.54) is 31.4 Å². The van der Waals surface area contributed by atoms with Crippen LogP contribution in [-0.4, -0.2) is 27.6 Å². The zero-order valence-corrected chi connectivity index (χ0v) is 10.6. The average molecular weight is 214 g/mol. The van der Waals surface area contributed by atoms with Crippen LogP contribution in [0.2, 0.25) is 18.6 Å². The molecule has 0 aromatic rings. The molecule has 3 heteroatoms. The summed E-state index contributed by atoms with van der Waals surface area (Å²) in [5.41, 5.74) is 0. The van der Waals surface area contributed by atoms with E-state index in [9.17, 15) is 0 Å². The van der Waals surface area contributed by atoms with Gasteiger partial charge in [-0.3, -0.25) is 0 Å². The first-order chi connectivity index (χ1) is 6.67. The van der Waals surface area contributed by atoms with Gasteiger partial charge >= 0.3 is 0 Å². The Hall–Kier alpha value is 0.137. The second-order valence-electron chi connectivity index (χ2n) is 5.10. The minimum absolute atomic E-state index is 0.626. The largest absolute Gasteiger partial charge is 0.420 e. The average Bonchev–Trinajstić information content (AvgIpc) is 2.96. The topological polar surface area (TPSA) is 21.8 Å². The third-order valence-electron chi connectivity index (χ3n) is 4.07. The molecule has 2 fully saturated rings. The zero-order valence-electron chi connectivity index (χ0n) is 9.58. The van der Waals surface area contributed by atoms with Crippen LogP contribution in [0.25, 0.3) is 0 Å². The van der Waals surface area contributed by atoms with E-state index in [1.54, 1.807) is 0 Å². The fourth-order valence-corrected chi connectivity index (χ4v) is 4.99. The van der Waals surface area contributed by atoms with Gasteiger partial charge in [0.25, 0.3) is 0 Å². The van der Waals surface area contributed by atoms with Crippen molar-refractivity contribution < 1.29 is 9.16 Å². The van der Waals surface area contributed by atoms with Crippen LogP contribution in [0.5, 0.6) is 0 Å². The Bertz CT molecular complexity index is 203. The lowest BCUT2D eigenvalue weighted by atomic mass is 9.91. The minimum atomic E-state index is -1.35. The first kappa shape index (κ1) is 10.6. The van der Waals surface area contributed by atoms with Crippen molar-refractivity contribution in [2.24, 2.45) is 5.92 Å². The van der Waals surface area contributed by atoms with E-state index in [4.69, 9.17) is 9.16 Å². The van der Waals surface area contributed by atoms with Crippen LogP contribution in [0.4, 0.5) is 0 Å². The fourth-order valence-electron chi connectivity index (χ4n) is 2.65. The molecule has 2 nitrogen and oxygen atoms in total. The van der Waals surface area contributed by atoms with Crippen molar-refractivity contribution in [3.05, 3.63) is 0 Å². The molecule has 1 saturated heterocycles. The molecule has 0 radical (unpaired) electrons. The highest BCUT2D eigenvalue weighted by Crippen LogP contribution is 2.42. The summed E-state index contributed by atoms with van der Waals surface area (Å²) in [5.74, 6) is 0.885. The molecule has 0 bridgehead atoms. The van der Waals surface area contributed by atoms with Crippen molar-refractivity contribution in [2.75, 3.05) is 7.11 Å². The SMILES string of the molecule is CC[Si](C)(CC1CCC2OC2C1)OC. The smallest absolute Gasteiger partial charge is 0.189 e. The number of hydrogen-bond donors (Lipinski definition) is 0. The molecule has 82 valence electrons. The molecule has 2 aliphatic rings. The van der Waals surface area contributed by atoms with Crippen LogP contribution in [0.3, 0.4) is 0 Å². The molecule has 0 N–H and O–H groups in total. The zero-order chi connectivity index (χ0) is 10.2. The quantitative estimate of drug-likeness (QED) is 0.530. The van der Waals surface area contributed by atoms with Crippen molar-refractivity contribution in [2.45, 2.75) is 57.0 Å². The fraction of sp³-hybridized carbons (Fsp3) is 1.00. The van der Waals surface area contributed by atoms with Crippen LogP contribution in [-0.2, 0) is 9.16 Å².